The highest BCUT2D eigenvalue weighted by Gasteiger charge is 2.33. The van der Waals surface area contributed by atoms with E-state index in [-0.39, 0.29) is 0 Å². The number of amidine groups is 3. The number of hydrazine groups is 3. The van der Waals surface area contributed by atoms with Gasteiger partial charge in [-0.15, -0.1) is 0 Å². The molecule has 3 aromatic rings. The molecular formula is C36H48N21O4P. The fourth-order valence-corrected chi connectivity index (χ4v) is 6.42. The first kappa shape index (κ1) is 45.0. The zero-order chi connectivity index (χ0) is 44.7. The lowest BCUT2D eigenvalue weighted by Gasteiger charge is -2.33. The Balaban J connectivity index is 0.000000147. The normalized spacial score (nSPS) is 24.7. The van der Waals surface area contributed by atoms with Crippen molar-refractivity contribution < 1.29 is 19.2 Å². The summed E-state index contributed by atoms with van der Waals surface area (Å²) < 4.78 is 8.88. The van der Waals surface area contributed by atoms with E-state index in [9.17, 15) is 0 Å². The molecule has 0 aliphatic carbocycles. The first-order valence-electron chi connectivity index (χ1n) is 18.5. The Kier molecular flexibility index (Phi) is 14.1. The lowest BCUT2D eigenvalue weighted by atomic mass is 10.0. The van der Waals surface area contributed by atoms with E-state index in [1.165, 1.54) is 34.0 Å². The minimum absolute atomic E-state index is 0.508. The maximum atomic E-state index is 8.88. The van der Waals surface area contributed by atoms with Gasteiger partial charge in [-0.2, -0.15) is 0 Å². The molecule has 25 nitrogen and oxygen atoms in total. The van der Waals surface area contributed by atoms with E-state index in [0.29, 0.717) is 17.5 Å². The van der Waals surface area contributed by atoms with Gasteiger partial charge < -0.3 is 47.8 Å². The van der Waals surface area contributed by atoms with Crippen LogP contribution in [0.1, 0.15) is 16.7 Å². The summed E-state index contributed by atoms with van der Waals surface area (Å²) in [7, 11) is -4.64. The van der Waals surface area contributed by atoms with Gasteiger partial charge in [-0.25, -0.2) is 52.0 Å². The highest BCUT2D eigenvalue weighted by atomic mass is 31.2. The second-order valence-corrected chi connectivity index (χ2v) is 14.5. The van der Waals surface area contributed by atoms with Crippen molar-refractivity contribution in [2.24, 2.45) is 81.9 Å². The number of benzene rings is 3. The van der Waals surface area contributed by atoms with Crippen molar-refractivity contribution in [3.63, 3.8) is 0 Å². The van der Waals surface area contributed by atoms with Crippen LogP contribution in [-0.2, 0) is 4.57 Å². The van der Waals surface area contributed by atoms with E-state index in [1.807, 2.05) is 91.0 Å². The lowest BCUT2D eigenvalue weighted by molar-refractivity contribution is 0.275. The Bertz CT molecular complexity index is 2160. The number of nitrogens with one attached hydrogen (secondary N) is 3. The third-order valence-corrected chi connectivity index (χ3v) is 9.17. The van der Waals surface area contributed by atoms with Crippen LogP contribution in [0.4, 0.5) is 0 Å². The Labute approximate surface area is 354 Å². The van der Waals surface area contributed by atoms with Crippen LogP contribution in [-0.4, -0.2) is 104 Å². The standard InChI is InChI=1S/3C12H15N7.H3O4P/c3*13-10-8-9(7-4-2-1-3-5-7)17-12(14)18-11(8)16-6-19(10)15;1-5(2,3)4/h3*1-6,10,12,17H,13-15H2;(H3,1,2,3,4). The molecule has 0 spiro atoms. The molecule has 26 heteroatoms. The predicted molar refractivity (Wildman–Crippen MR) is 237 cm³/mol. The average Bonchev–Trinajstić information content (AvgIpc) is 3.25. The van der Waals surface area contributed by atoms with Crippen molar-refractivity contribution in [1.82, 2.24) is 31.0 Å². The van der Waals surface area contributed by atoms with Crippen molar-refractivity contribution in [2.45, 2.75) is 37.4 Å². The van der Waals surface area contributed by atoms with Crippen LogP contribution in [0.5, 0.6) is 0 Å². The van der Waals surface area contributed by atoms with Crippen LogP contribution in [0.15, 0.2) is 138 Å². The SMILES string of the molecule is NC1N=C2N=CN(N)C(N)C2=C(c2ccccc2)N1.NC1N=C2N=CN(N)C(N)C2=C(c2ccccc2)N1.NC1N=C2N=CN(N)C(N)C2=C(c2ccccc2)N1.O=P(O)(O)O. The molecule has 0 bridgehead atoms. The molecule has 0 saturated carbocycles. The molecule has 24 N–H and O–H groups in total. The van der Waals surface area contributed by atoms with Gasteiger partial charge in [-0.3, -0.25) is 32.2 Å². The van der Waals surface area contributed by atoms with Gasteiger partial charge in [0.1, 0.15) is 37.5 Å². The monoisotopic (exact) mass is 869 g/mol. The van der Waals surface area contributed by atoms with E-state index < -0.39 is 45.2 Å². The van der Waals surface area contributed by atoms with Crippen LogP contribution < -0.4 is 67.9 Å². The zero-order valence-electron chi connectivity index (χ0n) is 32.8. The molecule has 6 aliphatic rings. The second kappa shape index (κ2) is 19.4. The fraction of sp³-hybridized carbons (Fsp3) is 0.167. The highest BCUT2D eigenvalue weighted by Crippen LogP contribution is 2.28. The molecule has 62 heavy (non-hydrogen) atoms. The maximum absolute atomic E-state index is 8.88. The molecule has 6 aliphatic heterocycles. The topological polar surface area (TPSA) is 432 Å². The summed E-state index contributed by atoms with van der Waals surface area (Å²) in [5, 5.41) is 13.4. The molecule has 9 rings (SSSR count). The fourth-order valence-electron chi connectivity index (χ4n) is 6.42. The highest BCUT2D eigenvalue weighted by molar-refractivity contribution is 7.45. The van der Waals surface area contributed by atoms with E-state index in [2.05, 4.69) is 45.9 Å². The van der Waals surface area contributed by atoms with E-state index >= 15 is 0 Å². The van der Waals surface area contributed by atoms with Gasteiger partial charge in [0.2, 0.25) is 0 Å². The van der Waals surface area contributed by atoms with Gasteiger partial charge >= 0.3 is 7.82 Å². The Morgan fingerprint density at radius 2 is 0.677 bits per heavy atom. The second-order valence-electron chi connectivity index (χ2n) is 13.5. The average molecular weight is 870 g/mol. The van der Waals surface area contributed by atoms with Crippen LogP contribution in [0.25, 0.3) is 17.1 Å². The number of nitrogens with two attached hydrogens (primary N) is 9. The number of rotatable bonds is 3. The largest absolute Gasteiger partial charge is 0.466 e. The zero-order valence-corrected chi connectivity index (χ0v) is 33.7. The van der Waals surface area contributed by atoms with E-state index in [1.54, 1.807) is 0 Å². The summed E-state index contributed by atoms with van der Waals surface area (Å²) in [6.45, 7) is 0. The summed E-state index contributed by atoms with van der Waals surface area (Å²) >= 11 is 0. The predicted octanol–water partition coefficient (Wildman–Crippen LogP) is -3.50. The minimum Gasteiger partial charge on any atom is -0.351 e. The molecule has 0 saturated heterocycles. The number of hydrogen-bond acceptors (Lipinski definition) is 22. The molecular weight excluding hydrogens is 822 g/mol. The van der Waals surface area contributed by atoms with E-state index in [4.69, 9.17) is 71.2 Å². The number of aliphatic imine (C=N–C) groups is 6. The quantitative estimate of drug-likeness (QED) is 0.0897. The van der Waals surface area contributed by atoms with Gasteiger partial charge in [0.05, 0.1) is 33.8 Å². The van der Waals surface area contributed by atoms with Crippen molar-refractivity contribution in [3.8, 4) is 0 Å². The maximum Gasteiger partial charge on any atom is 0.466 e. The molecule has 6 atom stereocenters. The lowest BCUT2D eigenvalue weighted by Crippen LogP contribution is -2.54. The van der Waals surface area contributed by atoms with Gasteiger partial charge in [0, 0.05) is 0 Å². The first-order chi connectivity index (χ1) is 29.5. The molecule has 0 aromatic heterocycles. The van der Waals surface area contributed by atoms with Crippen molar-refractivity contribution in [1.29, 1.82) is 0 Å². The van der Waals surface area contributed by atoms with Crippen molar-refractivity contribution >= 4 is 61.4 Å². The van der Waals surface area contributed by atoms with Gasteiger partial charge in [-0.1, -0.05) is 91.0 Å². The summed E-state index contributed by atoms with van der Waals surface area (Å²) in [6.07, 6.45) is 1.21. The summed E-state index contributed by atoms with van der Waals surface area (Å²) in [4.78, 5) is 46.8. The molecule has 0 amide bonds. The van der Waals surface area contributed by atoms with Crippen LogP contribution in [0.3, 0.4) is 0 Å². The van der Waals surface area contributed by atoms with Crippen LogP contribution in [0, 0.1) is 0 Å². The molecule has 326 valence electrons. The summed E-state index contributed by atoms with van der Waals surface area (Å²) in [5.41, 5.74) is 43.5. The van der Waals surface area contributed by atoms with Crippen molar-refractivity contribution in [3.05, 3.63) is 124 Å². The molecule has 0 fully saturated rings. The smallest absolute Gasteiger partial charge is 0.351 e. The van der Waals surface area contributed by atoms with Gasteiger partial charge in [0.15, 0.2) is 36.4 Å². The van der Waals surface area contributed by atoms with Gasteiger partial charge in [0.25, 0.3) is 0 Å². The third kappa shape index (κ3) is 10.8. The Morgan fingerprint density at radius 1 is 0.452 bits per heavy atom. The van der Waals surface area contributed by atoms with E-state index in [0.717, 1.165) is 50.5 Å². The first-order valence-corrected chi connectivity index (χ1v) is 20.0. The minimum atomic E-state index is -4.64. The number of fused-ring (bicyclic) bond motifs is 3. The van der Waals surface area contributed by atoms with Crippen LogP contribution in [0.2, 0.25) is 0 Å². The third-order valence-electron chi connectivity index (χ3n) is 9.17. The Hall–Kier alpha value is -6.55. The molecule has 6 heterocycles. The molecule has 6 unspecified atom stereocenters. The Morgan fingerprint density at radius 3 is 0.903 bits per heavy atom. The summed E-state index contributed by atoms with van der Waals surface area (Å²) in [5.74, 6) is 18.9. The van der Waals surface area contributed by atoms with Crippen molar-refractivity contribution in [2.75, 3.05) is 0 Å². The van der Waals surface area contributed by atoms with Crippen LogP contribution >= 0.6 is 7.82 Å². The number of phosphoric acid groups is 1. The number of hydrogen-bond donors (Lipinski definition) is 15. The van der Waals surface area contributed by atoms with Gasteiger partial charge in [-0.05, 0) is 16.7 Å². The number of nitrogens with zero attached hydrogens (tertiary/aromatic N) is 9. The molecule has 3 aromatic carbocycles. The summed E-state index contributed by atoms with van der Waals surface area (Å²) in [6, 6.07) is 29.3. The molecule has 0 radical (unpaired) electrons.